The van der Waals surface area contributed by atoms with Crippen molar-refractivity contribution in [3.8, 4) is 0 Å². The minimum absolute atomic E-state index is 0. The van der Waals surface area contributed by atoms with Gasteiger partial charge in [0.05, 0.1) is 6.61 Å². The molecule has 0 aromatic heterocycles. The van der Waals surface area contributed by atoms with Gasteiger partial charge >= 0.3 is 57.4 Å². The summed E-state index contributed by atoms with van der Waals surface area (Å²) < 4.78 is 0. The summed E-state index contributed by atoms with van der Waals surface area (Å²) in [6.45, 7) is -0.505. The summed E-state index contributed by atoms with van der Waals surface area (Å²) >= 11 is 0. The van der Waals surface area contributed by atoms with E-state index in [0.29, 0.717) is 0 Å². The Kier molecular flexibility index (Phi) is 9.06. The first kappa shape index (κ1) is 11.8. The van der Waals surface area contributed by atoms with E-state index in [1.165, 1.54) is 0 Å². The second-order valence-corrected chi connectivity index (χ2v) is 1.13. The molecule has 0 spiro atoms. The fraction of sp³-hybridized carbons (Fsp3) is 0.667. The van der Waals surface area contributed by atoms with Crippen molar-refractivity contribution >= 4 is 57.4 Å². The first-order valence-electron chi connectivity index (χ1n) is 1.77. The molecule has 4 nitrogen and oxygen atoms in total. The number of aliphatic carboxylic acids is 1. The number of aliphatic hydroxyl groups excluding tert-OH is 1. The van der Waals surface area contributed by atoms with Crippen LogP contribution in [0, 0.1) is 0 Å². The predicted molar refractivity (Wildman–Crippen MR) is 29.8 cm³/mol. The molecule has 0 aliphatic rings. The number of hydrogen-bond donors (Lipinski definition) is 3. The maximum absolute atomic E-state index is 9.65. The Bertz CT molecular complexity index is 76.9. The molecular weight excluding hydrogens is 137 g/mol. The molecule has 0 aliphatic heterocycles. The Hall–Kier alpha value is 1.03. The third-order valence-electron chi connectivity index (χ3n) is 0.514. The van der Waals surface area contributed by atoms with Gasteiger partial charge in [-0.05, 0) is 0 Å². The van der Waals surface area contributed by atoms with Crippen LogP contribution in [0.1, 0.15) is 0 Å². The molecular formula is C3H8KNO3. The van der Waals surface area contributed by atoms with Gasteiger partial charge in [-0.2, -0.15) is 0 Å². The van der Waals surface area contributed by atoms with Gasteiger partial charge in [0.15, 0.2) is 0 Å². The molecule has 1 atom stereocenters. The van der Waals surface area contributed by atoms with E-state index in [-0.39, 0.29) is 51.4 Å². The zero-order valence-corrected chi connectivity index (χ0v) is 3.66. The molecule has 0 saturated carbocycles. The van der Waals surface area contributed by atoms with Crippen LogP contribution in [0.25, 0.3) is 0 Å². The van der Waals surface area contributed by atoms with Crippen molar-refractivity contribution in [2.24, 2.45) is 5.73 Å². The number of carbonyl (C=O) groups is 1. The van der Waals surface area contributed by atoms with E-state index in [9.17, 15) is 4.79 Å². The summed E-state index contributed by atoms with van der Waals surface area (Å²) in [5, 5.41) is 15.9. The van der Waals surface area contributed by atoms with Gasteiger partial charge in [-0.3, -0.25) is 4.79 Å². The summed E-state index contributed by atoms with van der Waals surface area (Å²) in [4.78, 5) is 9.65. The average molecular weight is 145 g/mol. The molecule has 0 fully saturated rings. The van der Waals surface area contributed by atoms with Crippen LogP contribution in [0.15, 0.2) is 0 Å². The van der Waals surface area contributed by atoms with Crippen LogP contribution in [0.4, 0.5) is 0 Å². The van der Waals surface area contributed by atoms with Gasteiger partial charge in [0.2, 0.25) is 0 Å². The Morgan fingerprint density at radius 1 is 1.75 bits per heavy atom. The van der Waals surface area contributed by atoms with E-state index >= 15 is 0 Å². The van der Waals surface area contributed by atoms with Crippen LogP contribution in [0.3, 0.4) is 0 Å². The summed E-state index contributed by atoms with van der Waals surface area (Å²) in [6, 6.07) is -1.13. The van der Waals surface area contributed by atoms with Crippen LogP contribution < -0.4 is 5.73 Å². The van der Waals surface area contributed by atoms with Crippen LogP contribution in [0.2, 0.25) is 0 Å². The van der Waals surface area contributed by atoms with E-state index in [4.69, 9.17) is 15.9 Å². The molecule has 0 unspecified atom stereocenters. The molecule has 0 amide bonds. The third kappa shape index (κ3) is 5.17. The minimum atomic E-state index is -1.18. The molecule has 4 N–H and O–H groups in total. The number of carboxylic acid groups (broad SMARTS) is 1. The van der Waals surface area contributed by atoms with E-state index in [2.05, 4.69) is 0 Å². The number of carboxylic acids is 1. The van der Waals surface area contributed by atoms with Crippen molar-refractivity contribution in [2.45, 2.75) is 6.04 Å². The number of aliphatic hydroxyl groups is 1. The monoisotopic (exact) mass is 145 g/mol. The summed E-state index contributed by atoms with van der Waals surface area (Å²) in [5.41, 5.74) is 4.77. The zero-order chi connectivity index (χ0) is 5.86. The fourth-order valence-electron chi connectivity index (χ4n) is 0.0781. The van der Waals surface area contributed by atoms with Crippen molar-refractivity contribution in [1.29, 1.82) is 0 Å². The van der Waals surface area contributed by atoms with Crippen molar-refractivity contribution < 1.29 is 15.0 Å². The molecule has 8 heavy (non-hydrogen) atoms. The first-order chi connectivity index (χ1) is 3.18. The number of nitrogens with two attached hydrogens (primary N) is 1. The van der Waals surface area contributed by atoms with Crippen molar-refractivity contribution in [1.82, 2.24) is 0 Å². The van der Waals surface area contributed by atoms with Gasteiger partial charge in [0, 0.05) is 0 Å². The van der Waals surface area contributed by atoms with Gasteiger partial charge in [0.1, 0.15) is 6.04 Å². The fourth-order valence-corrected chi connectivity index (χ4v) is 0.0781. The SMILES string of the molecule is N[C@@H](CO)C(=O)O.[KH]. The molecule has 5 heteroatoms. The van der Waals surface area contributed by atoms with Crippen molar-refractivity contribution in [2.75, 3.05) is 6.61 Å². The average Bonchev–Trinajstić information content (AvgIpc) is 1.65. The molecule has 0 aromatic rings. The topological polar surface area (TPSA) is 83.5 Å². The van der Waals surface area contributed by atoms with Crippen LogP contribution in [-0.4, -0.2) is 80.2 Å². The second-order valence-electron chi connectivity index (χ2n) is 1.13. The summed E-state index contributed by atoms with van der Waals surface area (Å²) in [7, 11) is 0. The quantitative estimate of drug-likeness (QED) is 0.383. The third-order valence-corrected chi connectivity index (χ3v) is 0.514. The van der Waals surface area contributed by atoms with Gasteiger partial charge in [-0.15, -0.1) is 0 Å². The Morgan fingerprint density at radius 2 is 2.12 bits per heavy atom. The van der Waals surface area contributed by atoms with Gasteiger partial charge in [-0.1, -0.05) is 0 Å². The number of hydrogen-bond acceptors (Lipinski definition) is 3. The summed E-state index contributed by atoms with van der Waals surface area (Å²) in [6.07, 6.45) is 0. The molecule has 0 aromatic carbocycles. The molecule has 0 aliphatic carbocycles. The van der Waals surface area contributed by atoms with Crippen LogP contribution in [0.5, 0.6) is 0 Å². The molecule has 0 rings (SSSR count). The van der Waals surface area contributed by atoms with E-state index in [1.807, 2.05) is 0 Å². The van der Waals surface area contributed by atoms with Gasteiger partial charge in [0.25, 0.3) is 0 Å². The molecule has 0 heterocycles. The van der Waals surface area contributed by atoms with Crippen LogP contribution in [-0.2, 0) is 4.79 Å². The Morgan fingerprint density at radius 3 is 2.12 bits per heavy atom. The zero-order valence-electron chi connectivity index (χ0n) is 3.66. The van der Waals surface area contributed by atoms with Crippen LogP contribution >= 0.6 is 0 Å². The van der Waals surface area contributed by atoms with E-state index < -0.39 is 18.6 Å². The molecule has 0 saturated heterocycles. The normalized spacial score (nSPS) is 11.8. The maximum atomic E-state index is 9.65. The molecule has 0 radical (unpaired) electrons. The van der Waals surface area contributed by atoms with Gasteiger partial charge in [-0.25, -0.2) is 0 Å². The van der Waals surface area contributed by atoms with E-state index in [0.717, 1.165) is 0 Å². The van der Waals surface area contributed by atoms with Gasteiger partial charge < -0.3 is 15.9 Å². The Balaban J connectivity index is 0. The predicted octanol–water partition coefficient (Wildman–Crippen LogP) is -2.26. The molecule has 44 valence electrons. The standard InChI is InChI=1S/C3H7NO3.K.H/c4-2(1-5)3(6)7;;/h2,5H,1,4H2,(H,6,7);;/t2-;;/m0../s1. The van der Waals surface area contributed by atoms with Crippen molar-refractivity contribution in [3.05, 3.63) is 0 Å². The molecule has 0 bridgehead atoms. The van der Waals surface area contributed by atoms with Crippen molar-refractivity contribution in [3.63, 3.8) is 0 Å². The summed E-state index contributed by atoms with van der Waals surface area (Å²) in [5.74, 6) is -1.18. The second kappa shape index (κ2) is 6.15. The Labute approximate surface area is 89.5 Å². The first-order valence-corrected chi connectivity index (χ1v) is 1.77. The number of rotatable bonds is 2. The van der Waals surface area contributed by atoms with E-state index in [1.54, 1.807) is 0 Å².